The molecule has 1 aromatic heterocycles. The highest BCUT2D eigenvalue weighted by molar-refractivity contribution is 5.99. The lowest BCUT2D eigenvalue weighted by Crippen LogP contribution is -2.50. The lowest BCUT2D eigenvalue weighted by molar-refractivity contribution is -0.0105. The van der Waals surface area contributed by atoms with Gasteiger partial charge in [0.2, 0.25) is 0 Å². The first kappa shape index (κ1) is 12.8. The van der Waals surface area contributed by atoms with Crippen molar-refractivity contribution in [3.05, 3.63) is 23.9 Å². The molecule has 2 atom stereocenters. The van der Waals surface area contributed by atoms with Crippen LogP contribution in [-0.2, 0) is 4.74 Å². The summed E-state index contributed by atoms with van der Waals surface area (Å²) in [5.74, 6) is 0.677. The molecule has 2 rings (SSSR count). The minimum Gasteiger partial charge on any atom is -0.394 e. The largest absolute Gasteiger partial charge is 0.394 e. The predicted octanol–water partition coefficient (Wildman–Crippen LogP) is -0.0483. The Bertz CT molecular complexity index is 438. The molecule has 98 valence electrons. The fraction of sp³-hybridized carbons (Fsp3) is 0.500. The number of hydrogen-bond acceptors (Lipinski definition) is 5. The lowest BCUT2D eigenvalue weighted by atomic mass is 10.1. The number of amidine groups is 1. The van der Waals surface area contributed by atoms with Crippen LogP contribution in [0, 0.1) is 5.41 Å². The molecule has 0 spiro atoms. The van der Waals surface area contributed by atoms with Crippen molar-refractivity contribution in [3.63, 3.8) is 0 Å². The number of nitrogens with zero attached hydrogens (tertiary/aromatic N) is 2. The molecule has 1 aliphatic rings. The van der Waals surface area contributed by atoms with Crippen LogP contribution < -0.4 is 10.6 Å². The molecule has 0 aromatic carbocycles. The molecule has 1 saturated heterocycles. The Morgan fingerprint density at radius 3 is 3.17 bits per heavy atom. The van der Waals surface area contributed by atoms with E-state index >= 15 is 0 Å². The lowest BCUT2D eigenvalue weighted by Gasteiger charge is -2.38. The summed E-state index contributed by atoms with van der Waals surface area (Å²) in [7, 11) is 0. The number of aliphatic hydroxyl groups excluding tert-OH is 1. The molecule has 1 fully saturated rings. The molecule has 0 aliphatic carbocycles. The van der Waals surface area contributed by atoms with E-state index in [1.165, 1.54) is 0 Å². The Hall–Kier alpha value is -1.66. The third kappa shape index (κ3) is 2.44. The molecular weight excluding hydrogens is 232 g/mol. The standard InChI is InChI=1S/C12H18N4O2/c1-8-7-18-9(6-17)5-16(8)12-10(11(13)14)3-2-4-15-12/h2-4,8-9,17H,5-7H2,1H3,(H3,13,14). The molecule has 6 nitrogen and oxygen atoms in total. The molecule has 1 aliphatic heterocycles. The number of nitrogens with two attached hydrogens (primary N) is 1. The number of nitrogen functional groups attached to an aromatic ring is 1. The number of aromatic nitrogens is 1. The van der Waals surface area contributed by atoms with Gasteiger partial charge in [0.15, 0.2) is 0 Å². The summed E-state index contributed by atoms with van der Waals surface area (Å²) >= 11 is 0. The first-order chi connectivity index (χ1) is 8.63. The van der Waals surface area contributed by atoms with Gasteiger partial charge < -0.3 is 20.5 Å². The van der Waals surface area contributed by atoms with Crippen molar-refractivity contribution in [1.29, 1.82) is 5.41 Å². The van der Waals surface area contributed by atoms with E-state index in [0.29, 0.717) is 24.5 Å². The van der Waals surface area contributed by atoms with Crippen molar-refractivity contribution in [2.45, 2.75) is 19.1 Å². The van der Waals surface area contributed by atoms with E-state index in [2.05, 4.69) is 4.98 Å². The maximum atomic E-state index is 9.18. The second-order valence-corrected chi connectivity index (χ2v) is 4.43. The van der Waals surface area contributed by atoms with E-state index in [-0.39, 0.29) is 24.6 Å². The molecule has 6 heteroatoms. The number of nitrogens with one attached hydrogen (secondary N) is 1. The van der Waals surface area contributed by atoms with Gasteiger partial charge in [-0.2, -0.15) is 0 Å². The summed E-state index contributed by atoms with van der Waals surface area (Å²) < 4.78 is 5.49. The molecule has 4 N–H and O–H groups in total. The summed E-state index contributed by atoms with van der Waals surface area (Å²) in [4.78, 5) is 6.34. The average Bonchev–Trinajstić information content (AvgIpc) is 2.39. The Morgan fingerprint density at radius 2 is 2.50 bits per heavy atom. The summed E-state index contributed by atoms with van der Waals surface area (Å²) in [5, 5.41) is 16.8. The Kier molecular flexibility index (Phi) is 3.78. The van der Waals surface area contributed by atoms with E-state index in [0.717, 1.165) is 0 Å². The molecule has 18 heavy (non-hydrogen) atoms. The zero-order valence-electron chi connectivity index (χ0n) is 10.3. The zero-order valence-corrected chi connectivity index (χ0v) is 10.3. The second-order valence-electron chi connectivity index (χ2n) is 4.43. The van der Waals surface area contributed by atoms with E-state index in [9.17, 15) is 5.11 Å². The second kappa shape index (κ2) is 5.32. The van der Waals surface area contributed by atoms with E-state index in [4.69, 9.17) is 15.9 Å². The van der Waals surface area contributed by atoms with Gasteiger partial charge in [0.1, 0.15) is 11.7 Å². The van der Waals surface area contributed by atoms with Gasteiger partial charge in [-0.1, -0.05) is 0 Å². The van der Waals surface area contributed by atoms with Crippen molar-refractivity contribution in [1.82, 2.24) is 4.98 Å². The highest BCUT2D eigenvalue weighted by Crippen LogP contribution is 2.23. The van der Waals surface area contributed by atoms with Crippen LogP contribution in [0.25, 0.3) is 0 Å². The molecule has 0 radical (unpaired) electrons. The molecule has 0 amide bonds. The fourth-order valence-electron chi connectivity index (χ4n) is 2.06. The predicted molar refractivity (Wildman–Crippen MR) is 68.9 cm³/mol. The molecular formula is C12H18N4O2. The SMILES string of the molecule is CC1COC(CO)CN1c1ncccc1C(=N)N. The number of pyridine rings is 1. The van der Waals surface area contributed by atoms with Gasteiger partial charge in [-0.25, -0.2) is 4.98 Å². The number of ether oxygens (including phenoxy) is 1. The molecule has 1 aromatic rings. The maximum Gasteiger partial charge on any atom is 0.139 e. The molecule has 0 bridgehead atoms. The van der Waals surface area contributed by atoms with Gasteiger partial charge in [-0.15, -0.1) is 0 Å². The quantitative estimate of drug-likeness (QED) is 0.516. The molecule has 0 saturated carbocycles. The van der Waals surface area contributed by atoms with Crippen molar-refractivity contribution in [2.24, 2.45) is 5.73 Å². The number of anilines is 1. The average molecular weight is 250 g/mol. The van der Waals surface area contributed by atoms with Gasteiger partial charge in [0.25, 0.3) is 0 Å². The maximum absolute atomic E-state index is 9.18. The van der Waals surface area contributed by atoms with E-state index in [1.807, 2.05) is 11.8 Å². The van der Waals surface area contributed by atoms with Gasteiger partial charge in [0, 0.05) is 12.7 Å². The van der Waals surface area contributed by atoms with Crippen LogP contribution in [0.15, 0.2) is 18.3 Å². The van der Waals surface area contributed by atoms with Crippen LogP contribution in [0.3, 0.4) is 0 Å². The summed E-state index contributed by atoms with van der Waals surface area (Å²) in [6.45, 7) is 3.08. The minimum atomic E-state index is -0.219. The number of aliphatic hydroxyl groups is 1. The first-order valence-corrected chi connectivity index (χ1v) is 5.92. The van der Waals surface area contributed by atoms with E-state index in [1.54, 1.807) is 18.3 Å². The first-order valence-electron chi connectivity index (χ1n) is 5.92. The van der Waals surface area contributed by atoms with Gasteiger partial charge in [0.05, 0.1) is 30.9 Å². The highest BCUT2D eigenvalue weighted by atomic mass is 16.5. The van der Waals surface area contributed by atoms with E-state index < -0.39 is 0 Å². The van der Waals surface area contributed by atoms with Crippen molar-refractivity contribution < 1.29 is 9.84 Å². The van der Waals surface area contributed by atoms with Crippen molar-refractivity contribution in [2.75, 3.05) is 24.7 Å². The van der Waals surface area contributed by atoms with Crippen LogP contribution in [0.4, 0.5) is 5.82 Å². The van der Waals surface area contributed by atoms with Crippen LogP contribution in [0.2, 0.25) is 0 Å². The number of morpholine rings is 1. The summed E-state index contributed by atoms with van der Waals surface area (Å²) in [6, 6.07) is 3.68. The Balaban J connectivity index is 2.31. The van der Waals surface area contributed by atoms with Crippen LogP contribution in [-0.4, -0.2) is 47.8 Å². The summed E-state index contributed by atoms with van der Waals surface area (Å²) in [5.41, 5.74) is 6.18. The summed E-state index contributed by atoms with van der Waals surface area (Å²) in [6.07, 6.45) is 1.46. The van der Waals surface area contributed by atoms with Gasteiger partial charge >= 0.3 is 0 Å². The third-order valence-electron chi connectivity index (χ3n) is 3.06. The highest BCUT2D eigenvalue weighted by Gasteiger charge is 2.28. The minimum absolute atomic E-state index is 0.00246. The Morgan fingerprint density at radius 1 is 1.72 bits per heavy atom. The zero-order chi connectivity index (χ0) is 13.1. The number of rotatable bonds is 3. The van der Waals surface area contributed by atoms with Gasteiger partial charge in [-0.05, 0) is 19.1 Å². The number of hydrogen-bond donors (Lipinski definition) is 3. The topological polar surface area (TPSA) is 95.5 Å². The van der Waals surface area contributed by atoms with Gasteiger partial charge in [-0.3, -0.25) is 5.41 Å². The molecule has 2 unspecified atom stereocenters. The Labute approximate surface area is 106 Å². The van der Waals surface area contributed by atoms with Crippen LogP contribution in [0.5, 0.6) is 0 Å². The third-order valence-corrected chi connectivity index (χ3v) is 3.06. The fourth-order valence-corrected chi connectivity index (χ4v) is 2.06. The monoisotopic (exact) mass is 250 g/mol. The van der Waals surface area contributed by atoms with Crippen LogP contribution >= 0.6 is 0 Å². The van der Waals surface area contributed by atoms with Crippen molar-refractivity contribution >= 4 is 11.7 Å². The smallest absolute Gasteiger partial charge is 0.139 e. The van der Waals surface area contributed by atoms with Crippen LogP contribution in [0.1, 0.15) is 12.5 Å². The normalized spacial score (nSPS) is 24.0. The molecule has 2 heterocycles. The van der Waals surface area contributed by atoms with Crippen molar-refractivity contribution in [3.8, 4) is 0 Å².